The van der Waals surface area contributed by atoms with Crippen LogP contribution in [0.4, 0.5) is 0 Å². The lowest BCUT2D eigenvalue weighted by Gasteiger charge is -2.12. The van der Waals surface area contributed by atoms with Crippen molar-refractivity contribution in [1.29, 1.82) is 0 Å². The van der Waals surface area contributed by atoms with Crippen molar-refractivity contribution in [2.75, 3.05) is 6.61 Å². The molecule has 4 rings (SSSR count). The molecule has 0 saturated carbocycles. The number of hydrogen-bond donors (Lipinski definition) is 2. The molecule has 1 aliphatic rings. The van der Waals surface area contributed by atoms with Gasteiger partial charge in [-0.2, -0.15) is 0 Å². The number of alkyl halides is 1. The monoisotopic (exact) mass is 344 g/mol. The van der Waals surface area contributed by atoms with Crippen LogP contribution in [0.25, 0.3) is 11.0 Å². The van der Waals surface area contributed by atoms with Crippen molar-refractivity contribution in [1.82, 2.24) is 9.97 Å². The molecule has 1 unspecified atom stereocenters. The molecule has 1 atom stereocenters. The Morgan fingerprint density at radius 2 is 1.81 bits per heavy atom. The zero-order chi connectivity index (χ0) is 14.4. The highest BCUT2D eigenvalue weighted by atomic mass is 79.9. The maximum Gasteiger partial charge on any atom is 0.323 e. The van der Waals surface area contributed by atoms with E-state index >= 15 is 0 Å². The number of halogens is 1. The molecule has 0 saturated heterocycles. The van der Waals surface area contributed by atoms with E-state index in [4.69, 9.17) is 4.74 Å². The van der Waals surface area contributed by atoms with E-state index in [1.165, 1.54) is 11.1 Å². The van der Waals surface area contributed by atoms with E-state index in [1.54, 1.807) is 0 Å². The molecule has 0 spiro atoms. The van der Waals surface area contributed by atoms with Crippen LogP contribution in [0.15, 0.2) is 41.2 Å². The molecule has 1 aromatic heterocycles. The number of hydrogen-bond acceptors (Lipinski definition) is 2. The van der Waals surface area contributed by atoms with E-state index in [-0.39, 0.29) is 10.5 Å². The van der Waals surface area contributed by atoms with Gasteiger partial charge in [-0.3, -0.25) is 0 Å². The lowest BCUT2D eigenvalue weighted by atomic mass is 10.0. The summed E-state index contributed by atoms with van der Waals surface area (Å²) in [4.78, 5) is 17.0. The highest BCUT2D eigenvalue weighted by Crippen LogP contribution is 2.35. The SMILES string of the molecule is O=c1[nH]c2ccc(C(Br)c3ccc4c(c3)CCO4)cc2[nH]1. The summed E-state index contributed by atoms with van der Waals surface area (Å²) in [6.07, 6.45) is 0.965. The second-order valence-electron chi connectivity index (χ2n) is 5.21. The third-order valence-corrected chi connectivity index (χ3v) is 4.90. The fourth-order valence-electron chi connectivity index (χ4n) is 2.76. The molecule has 106 valence electrons. The van der Waals surface area contributed by atoms with Gasteiger partial charge in [0, 0.05) is 6.42 Å². The van der Waals surface area contributed by atoms with Crippen LogP contribution < -0.4 is 10.4 Å². The van der Waals surface area contributed by atoms with E-state index < -0.39 is 0 Å². The third-order valence-electron chi connectivity index (χ3n) is 3.84. The number of H-pyrrole nitrogens is 2. The summed E-state index contributed by atoms with van der Waals surface area (Å²) in [6, 6.07) is 12.2. The number of fused-ring (bicyclic) bond motifs is 2. The van der Waals surface area contributed by atoms with Gasteiger partial charge < -0.3 is 14.7 Å². The van der Waals surface area contributed by atoms with Crippen molar-refractivity contribution >= 4 is 27.0 Å². The number of aromatic amines is 2. The van der Waals surface area contributed by atoms with Gasteiger partial charge in [0.25, 0.3) is 0 Å². The number of ether oxygens (including phenoxy) is 1. The summed E-state index contributed by atoms with van der Waals surface area (Å²) in [7, 11) is 0. The van der Waals surface area contributed by atoms with Crippen LogP contribution in [-0.4, -0.2) is 16.6 Å². The molecule has 0 amide bonds. The maximum atomic E-state index is 11.3. The molecule has 0 fully saturated rings. The highest BCUT2D eigenvalue weighted by molar-refractivity contribution is 9.09. The minimum Gasteiger partial charge on any atom is -0.493 e. The summed E-state index contributed by atoms with van der Waals surface area (Å²) in [6.45, 7) is 0.766. The quantitative estimate of drug-likeness (QED) is 0.701. The zero-order valence-corrected chi connectivity index (χ0v) is 12.7. The van der Waals surface area contributed by atoms with Crippen LogP contribution in [-0.2, 0) is 6.42 Å². The van der Waals surface area contributed by atoms with Crippen LogP contribution in [0, 0.1) is 0 Å². The number of imidazole rings is 1. The first-order valence-electron chi connectivity index (χ1n) is 6.82. The Morgan fingerprint density at radius 3 is 2.71 bits per heavy atom. The zero-order valence-electron chi connectivity index (χ0n) is 11.2. The average Bonchev–Trinajstić information content (AvgIpc) is 3.09. The molecule has 2 N–H and O–H groups in total. The predicted octanol–water partition coefficient (Wildman–Crippen LogP) is 3.28. The van der Waals surface area contributed by atoms with E-state index in [2.05, 4.69) is 38.0 Å². The summed E-state index contributed by atoms with van der Waals surface area (Å²) in [5, 5.41) is 0. The van der Waals surface area contributed by atoms with Crippen molar-refractivity contribution in [2.45, 2.75) is 11.2 Å². The van der Waals surface area contributed by atoms with Gasteiger partial charge in [-0.05, 0) is 34.9 Å². The van der Waals surface area contributed by atoms with Gasteiger partial charge in [-0.1, -0.05) is 34.1 Å². The topological polar surface area (TPSA) is 57.9 Å². The summed E-state index contributed by atoms with van der Waals surface area (Å²) >= 11 is 3.75. The van der Waals surface area contributed by atoms with Gasteiger partial charge in [0.2, 0.25) is 0 Å². The van der Waals surface area contributed by atoms with Crippen molar-refractivity contribution in [2.24, 2.45) is 0 Å². The van der Waals surface area contributed by atoms with Crippen molar-refractivity contribution in [3.63, 3.8) is 0 Å². The number of benzene rings is 2. The van der Waals surface area contributed by atoms with Crippen molar-refractivity contribution in [3.05, 3.63) is 63.6 Å². The molecule has 21 heavy (non-hydrogen) atoms. The minimum absolute atomic E-state index is 0.0891. The molecular weight excluding hydrogens is 332 g/mol. The Bertz CT molecular complexity index is 881. The second kappa shape index (κ2) is 4.77. The summed E-state index contributed by atoms with van der Waals surface area (Å²) in [5.74, 6) is 0.990. The van der Waals surface area contributed by atoms with Gasteiger partial charge in [-0.25, -0.2) is 4.79 Å². The Balaban J connectivity index is 1.75. The first-order valence-corrected chi connectivity index (χ1v) is 7.74. The molecule has 0 aliphatic carbocycles. The fraction of sp³-hybridized carbons (Fsp3) is 0.188. The molecule has 0 radical (unpaired) electrons. The Hall–Kier alpha value is -2.01. The van der Waals surface area contributed by atoms with Crippen LogP contribution in [0.3, 0.4) is 0 Å². The summed E-state index contributed by atoms with van der Waals surface area (Å²) in [5.41, 5.74) is 5.03. The molecule has 2 aromatic carbocycles. The second-order valence-corrected chi connectivity index (χ2v) is 6.13. The largest absolute Gasteiger partial charge is 0.493 e. The molecule has 3 aromatic rings. The van der Waals surface area contributed by atoms with Crippen LogP contribution in [0.2, 0.25) is 0 Å². The van der Waals surface area contributed by atoms with Crippen molar-refractivity contribution < 1.29 is 4.74 Å². The van der Waals surface area contributed by atoms with Crippen LogP contribution in [0.1, 0.15) is 21.5 Å². The lowest BCUT2D eigenvalue weighted by Crippen LogP contribution is -1.99. The molecular formula is C16H13BrN2O2. The lowest BCUT2D eigenvalue weighted by molar-refractivity contribution is 0.357. The van der Waals surface area contributed by atoms with Gasteiger partial charge in [0.1, 0.15) is 5.75 Å². The maximum absolute atomic E-state index is 11.3. The first kappa shape index (κ1) is 12.7. The standard InChI is InChI=1S/C16H13BrN2O2/c17-15(10-2-4-14-9(7-10)5-6-21-14)11-1-3-12-13(8-11)19-16(20)18-12/h1-4,7-8,15H,5-6H2,(H2,18,19,20). The first-order chi connectivity index (χ1) is 10.2. The van der Waals surface area contributed by atoms with Crippen molar-refractivity contribution in [3.8, 4) is 5.75 Å². The van der Waals surface area contributed by atoms with E-state index in [0.717, 1.165) is 35.4 Å². The minimum atomic E-state index is -0.178. The van der Waals surface area contributed by atoms with Crippen LogP contribution in [0.5, 0.6) is 5.75 Å². The third kappa shape index (κ3) is 2.17. The Labute approximate surface area is 129 Å². The van der Waals surface area contributed by atoms with Gasteiger partial charge >= 0.3 is 5.69 Å². The highest BCUT2D eigenvalue weighted by Gasteiger charge is 2.17. The Kier molecular flexibility index (Phi) is 2.89. The molecule has 2 heterocycles. The predicted molar refractivity (Wildman–Crippen MR) is 85.3 cm³/mol. The van der Waals surface area contributed by atoms with E-state index in [1.807, 2.05) is 24.3 Å². The van der Waals surface area contributed by atoms with Gasteiger partial charge in [-0.15, -0.1) is 0 Å². The van der Waals surface area contributed by atoms with Gasteiger partial charge in [0.15, 0.2) is 0 Å². The Morgan fingerprint density at radius 1 is 1.05 bits per heavy atom. The van der Waals surface area contributed by atoms with Crippen LogP contribution >= 0.6 is 15.9 Å². The van der Waals surface area contributed by atoms with E-state index in [9.17, 15) is 4.79 Å². The molecule has 4 nitrogen and oxygen atoms in total. The molecule has 1 aliphatic heterocycles. The average molecular weight is 345 g/mol. The smallest absolute Gasteiger partial charge is 0.323 e. The fourth-order valence-corrected chi connectivity index (χ4v) is 3.33. The molecule has 5 heteroatoms. The number of aromatic nitrogens is 2. The normalized spacial score (nSPS) is 14.9. The van der Waals surface area contributed by atoms with Gasteiger partial charge in [0.05, 0.1) is 22.5 Å². The number of rotatable bonds is 2. The summed E-state index contributed by atoms with van der Waals surface area (Å²) < 4.78 is 5.54. The van der Waals surface area contributed by atoms with E-state index in [0.29, 0.717) is 0 Å². The molecule has 0 bridgehead atoms. The number of nitrogens with one attached hydrogen (secondary N) is 2.